The number of hydrogen-bond acceptors (Lipinski definition) is 3. The van der Waals surface area contributed by atoms with Crippen LogP contribution < -0.4 is 0 Å². The van der Waals surface area contributed by atoms with Gasteiger partial charge in [0, 0.05) is 28.5 Å². The SMILES string of the molecule is Cc1cccc(CCS(=O)(=O)Cl)n1. The minimum Gasteiger partial charge on any atom is -0.258 e. The Morgan fingerprint density at radius 2 is 2.15 bits per heavy atom. The quantitative estimate of drug-likeness (QED) is 0.724. The van der Waals surface area contributed by atoms with E-state index in [0.29, 0.717) is 6.42 Å². The molecule has 3 nitrogen and oxygen atoms in total. The number of hydrogen-bond donors (Lipinski definition) is 0. The molecule has 13 heavy (non-hydrogen) atoms. The highest BCUT2D eigenvalue weighted by Gasteiger charge is 2.05. The Morgan fingerprint density at radius 3 is 2.69 bits per heavy atom. The first-order valence-electron chi connectivity index (χ1n) is 3.82. The molecule has 0 aliphatic heterocycles. The van der Waals surface area contributed by atoms with Crippen LogP contribution in [0, 0.1) is 6.92 Å². The predicted molar refractivity (Wildman–Crippen MR) is 52.3 cm³/mol. The van der Waals surface area contributed by atoms with Gasteiger partial charge >= 0.3 is 0 Å². The molecule has 0 aliphatic carbocycles. The van der Waals surface area contributed by atoms with Crippen LogP contribution in [0.15, 0.2) is 18.2 Å². The molecule has 0 N–H and O–H groups in total. The van der Waals surface area contributed by atoms with Gasteiger partial charge in [0.2, 0.25) is 9.05 Å². The summed E-state index contributed by atoms with van der Waals surface area (Å²) in [5.41, 5.74) is 1.63. The monoisotopic (exact) mass is 219 g/mol. The predicted octanol–water partition coefficient (Wildman–Crippen LogP) is 1.50. The largest absolute Gasteiger partial charge is 0.258 e. The van der Waals surface area contributed by atoms with Gasteiger partial charge in [-0.3, -0.25) is 4.98 Å². The van der Waals surface area contributed by atoms with E-state index in [2.05, 4.69) is 4.98 Å². The fraction of sp³-hybridized carbons (Fsp3) is 0.375. The van der Waals surface area contributed by atoms with E-state index in [1.54, 1.807) is 6.07 Å². The minimum atomic E-state index is -3.40. The fourth-order valence-corrected chi connectivity index (χ4v) is 1.65. The van der Waals surface area contributed by atoms with Crippen molar-refractivity contribution in [3.8, 4) is 0 Å². The summed E-state index contributed by atoms with van der Waals surface area (Å²) < 4.78 is 21.3. The van der Waals surface area contributed by atoms with E-state index in [1.165, 1.54) is 0 Å². The van der Waals surface area contributed by atoms with Crippen molar-refractivity contribution >= 4 is 19.7 Å². The molecule has 0 saturated carbocycles. The molecule has 0 atom stereocenters. The highest BCUT2D eigenvalue weighted by molar-refractivity contribution is 8.13. The number of aryl methyl sites for hydroxylation is 2. The molecule has 1 rings (SSSR count). The third kappa shape index (κ3) is 4.24. The molecule has 0 aromatic carbocycles. The summed E-state index contributed by atoms with van der Waals surface area (Å²) in [6.07, 6.45) is 0.369. The highest BCUT2D eigenvalue weighted by atomic mass is 35.7. The van der Waals surface area contributed by atoms with Crippen molar-refractivity contribution in [3.05, 3.63) is 29.6 Å². The standard InChI is InChI=1S/C8H10ClNO2S/c1-7-3-2-4-8(10-7)5-6-13(9,11)12/h2-4H,5-6H2,1H3. The number of nitrogens with zero attached hydrogens (tertiary/aromatic N) is 1. The molecule has 0 bridgehead atoms. The van der Waals surface area contributed by atoms with Crippen molar-refractivity contribution in [2.24, 2.45) is 0 Å². The van der Waals surface area contributed by atoms with Crippen molar-refractivity contribution in [1.82, 2.24) is 4.98 Å². The Bertz CT molecular complexity index is 389. The van der Waals surface area contributed by atoms with Gasteiger partial charge < -0.3 is 0 Å². The van der Waals surface area contributed by atoms with Gasteiger partial charge in [-0.15, -0.1) is 0 Å². The van der Waals surface area contributed by atoms with Crippen LogP contribution in [0.5, 0.6) is 0 Å². The molecule has 0 amide bonds. The van der Waals surface area contributed by atoms with Gasteiger partial charge in [0.15, 0.2) is 0 Å². The zero-order valence-corrected chi connectivity index (χ0v) is 8.77. The van der Waals surface area contributed by atoms with E-state index in [1.807, 2.05) is 19.1 Å². The van der Waals surface area contributed by atoms with E-state index in [9.17, 15) is 8.42 Å². The maximum absolute atomic E-state index is 10.6. The van der Waals surface area contributed by atoms with E-state index in [4.69, 9.17) is 10.7 Å². The van der Waals surface area contributed by atoms with Gasteiger partial charge in [-0.1, -0.05) is 6.07 Å². The molecular weight excluding hydrogens is 210 g/mol. The van der Waals surface area contributed by atoms with Crippen molar-refractivity contribution in [2.75, 3.05) is 5.75 Å². The Kier molecular flexibility index (Phi) is 3.27. The molecule has 72 valence electrons. The molecule has 1 aromatic heterocycles. The lowest BCUT2D eigenvalue weighted by molar-refractivity contribution is 0.608. The Balaban J connectivity index is 2.65. The number of rotatable bonds is 3. The van der Waals surface area contributed by atoms with Crippen LogP contribution in [0.2, 0.25) is 0 Å². The first kappa shape index (κ1) is 10.5. The van der Waals surface area contributed by atoms with Gasteiger partial charge in [0.05, 0.1) is 5.75 Å². The Hall–Kier alpha value is -0.610. The zero-order chi connectivity index (χ0) is 9.90. The molecule has 0 radical (unpaired) electrons. The van der Waals surface area contributed by atoms with Gasteiger partial charge in [-0.05, 0) is 19.1 Å². The first-order valence-corrected chi connectivity index (χ1v) is 6.30. The Labute approximate surface area is 82.2 Å². The molecule has 0 unspecified atom stereocenters. The summed E-state index contributed by atoms with van der Waals surface area (Å²) in [6.45, 7) is 1.86. The molecule has 1 aromatic rings. The molecular formula is C8H10ClNO2S. The van der Waals surface area contributed by atoms with Crippen LogP contribution in [-0.4, -0.2) is 19.2 Å². The second kappa shape index (κ2) is 4.07. The van der Waals surface area contributed by atoms with Crippen molar-refractivity contribution < 1.29 is 8.42 Å². The lowest BCUT2D eigenvalue weighted by atomic mass is 10.3. The molecule has 5 heteroatoms. The van der Waals surface area contributed by atoms with Crippen LogP contribution in [0.25, 0.3) is 0 Å². The van der Waals surface area contributed by atoms with Crippen LogP contribution in [0.4, 0.5) is 0 Å². The van der Waals surface area contributed by atoms with E-state index >= 15 is 0 Å². The van der Waals surface area contributed by atoms with Crippen molar-refractivity contribution in [3.63, 3.8) is 0 Å². The maximum Gasteiger partial charge on any atom is 0.232 e. The van der Waals surface area contributed by atoms with E-state index in [-0.39, 0.29) is 5.75 Å². The molecule has 0 aliphatic rings. The van der Waals surface area contributed by atoms with Gasteiger partial charge in [0.25, 0.3) is 0 Å². The van der Waals surface area contributed by atoms with E-state index in [0.717, 1.165) is 11.4 Å². The van der Waals surface area contributed by atoms with Gasteiger partial charge in [0.1, 0.15) is 0 Å². The average Bonchev–Trinajstić information content (AvgIpc) is 2.00. The summed E-state index contributed by atoms with van der Waals surface area (Å²) >= 11 is 0. The second-order valence-corrected chi connectivity index (χ2v) is 5.66. The van der Waals surface area contributed by atoms with Crippen LogP contribution in [0.3, 0.4) is 0 Å². The second-order valence-electron chi connectivity index (χ2n) is 2.76. The zero-order valence-electron chi connectivity index (χ0n) is 7.20. The fourth-order valence-electron chi connectivity index (χ4n) is 0.965. The number of halogens is 1. The lowest BCUT2D eigenvalue weighted by Crippen LogP contribution is -2.02. The number of pyridine rings is 1. The normalized spacial score (nSPS) is 11.5. The number of aromatic nitrogens is 1. The molecule has 1 heterocycles. The van der Waals surface area contributed by atoms with Crippen molar-refractivity contribution in [2.45, 2.75) is 13.3 Å². The Morgan fingerprint density at radius 1 is 1.46 bits per heavy atom. The molecule has 0 saturated heterocycles. The van der Waals surface area contributed by atoms with Crippen LogP contribution >= 0.6 is 10.7 Å². The topological polar surface area (TPSA) is 47.0 Å². The molecule has 0 spiro atoms. The summed E-state index contributed by atoms with van der Waals surface area (Å²) in [5, 5.41) is 0. The summed E-state index contributed by atoms with van der Waals surface area (Å²) in [5.74, 6) is -0.0645. The summed E-state index contributed by atoms with van der Waals surface area (Å²) in [6, 6.07) is 5.49. The third-order valence-corrected chi connectivity index (χ3v) is 2.70. The van der Waals surface area contributed by atoms with Crippen LogP contribution in [-0.2, 0) is 15.5 Å². The maximum atomic E-state index is 10.6. The third-order valence-electron chi connectivity index (χ3n) is 1.55. The van der Waals surface area contributed by atoms with E-state index < -0.39 is 9.05 Å². The first-order chi connectivity index (χ1) is 5.97. The minimum absolute atomic E-state index is 0.0645. The molecule has 0 fully saturated rings. The van der Waals surface area contributed by atoms with Gasteiger partial charge in [-0.25, -0.2) is 8.42 Å². The van der Waals surface area contributed by atoms with Crippen molar-refractivity contribution in [1.29, 1.82) is 0 Å². The lowest BCUT2D eigenvalue weighted by Gasteiger charge is -1.98. The highest BCUT2D eigenvalue weighted by Crippen LogP contribution is 2.03. The summed E-state index contributed by atoms with van der Waals surface area (Å²) in [4.78, 5) is 4.15. The van der Waals surface area contributed by atoms with Gasteiger partial charge in [-0.2, -0.15) is 0 Å². The average molecular weight is 220 g/mol. The van der Waals surface area contributed by atoms with Crippen LogP contribution in [0.1, 0.15) is 11.4 Å². The smallest absolute Gasteiger partial charge is 0.232 e. The summed E-state index contributed by atoms with van der Waals surface area (Å²) in [7, 11) is 1.66.